The van der Waals surface area contributed by atoms with E-state index in [0.717, 1.165) is 5.56 Å². The Morgan fingerprint density at radius 2 is 2.26 bits per heavy atom. The number of rotatable bonds is 5. The van der Waals surface area contributed by atoms with Crippen LogP contribution in [0.1, 0.15) is 12.5 Å². The molecule has 0 saturated carbocycles. The monoisotopic (exact) mass is 316 g/mol. The smallest absolute Gasteiger partial charge is 0.243 e. The topological polar surface area (TPSA) is 59.1 Å². The number of aromatic nitrogens is 1. The second-order valence-electron chi connectivity index (χ2n) is 4.15. The Balaban J connectivity index is 2.11. The standard InChI is InChI=1S/C12H13ClN2O2S2/c1-9(7-10-4-6-18-8-10)15-19(16,17)11-3-2-5-14-12(11)13/h2-6,8-9,15H,7H2,1H3. The number of hydrogen-bond acceptors (Lipinski definition) is 4. The molecule has 1 unspecified atom stereocenters. The minimum absolute atomic E-state index is 0.00818. The molecule has 1 N–H and O–H groups in total. The Morgan fingerprint density at radius 1 is 1.47 bits per heavy atom. The molecule has 2 heterocycles. The van der Waals surface area contributed by atoms with Gasteiger partial charge < -0.3 is 0 Å². The van der Waals surface area contributed by atoms with Gasteiger partial charge in [-0.2, -0.15) is 11.3 Å². The van der Waals surface area contributed by atoms with E-state index < -0.39 is 10.0 Å². The summed E-state index contributed by atoms with van der Waals surface area (Å²) in [7, 11) is -3.63. The number of halogens is 1. The first-order valence-corrected chi connectivity index (χ1v) is 8.43. The fourth-order valence-corrected chi connectivity index (χ4v) is 4.08. The average molecular weight is 317 g/mol. The Hall–Kier alpha value is -0.950. The maximum Gasteiger partial charge on any atom is 0.243 e. The third-order valence-corrected chi connectivity index (χ3v) is 5.26. The van der Waals surface area contributed by atoms with Crippen LogP contribution in [0.2, 0.25) is 5.15 Å². The van der Waals surface area contributed by atoms with Gasteiger partial charge in [-0.05, 0) is 47.9 Å². The van der Waals surface area contributed by atoms with Crippen molar-refractivity contribution in [2.75, 3.05) is 0 Å². The molecule has 1 atom stereocenters. The van der Waals surface area contributed by atoms with Crippen LogP contribution in [0, 0.1) is 0 Å². The molecule has 0 aliphatic heterocycles. The van der Waals surface area contributed by atoms with Crippen molar-refractivity contribution >= 4 is 33.0 Å². The highest BCUT2D eigenvalue weighted by molar-refractivity contribution is 7.89. The van der Waals surface area contributed by atoms with Crippen molar-refractivity contribution in [2.45, 2.75) is 24.3 Å². The van der Waals surface area contributed by atoms with E-state index >= 15 is 0 Å². The highest BCUT2D eigenvalue weighted by Crippen LogP contribution is 2.18. The average Bonchev–Trinajstić information content (AvgIpc) is 2.81. The van der Waals surface area contributed by atoms with Gasteiger partial charge in [0.05, 0.1) is 0 Å². The first kappa shape index (κ1) is 14.5. The van der Waals surface area contributed by atoms with Crippen LogP contribution in [0.15, 0.2) is 40.1 Å². The van der Waals surface area contributed by atoms with E-state index in [9.17, 15) is 8.42 Å². The summed E-state index contributed by atoms with van der Waals surface area (Å²) in [5.74, 6) is 0. The minimum atomic E-state index is -3.63. The predicted octanol–water partition coefficient (Wildman–Crippen LogP) is 2.71. The van der Waals surface area contributed by atoms with E-state index in [1.54, 1.807) is 17.4 Å². The van der Waals surface area contributed by atoms with E-state index in [4.69, 9.17) is 11.6 Å². The largest absolute Gasteiger partial charge is 0.243 e. The zero-order chi connectivity index (χ0) is 13.9. The van der Waals surface area contributed by atoms with Gasteiger partial charge in [-0.25, -0.2) is 18.1 Å². The van der Waals surface area contributed by atoms with Gasteiger partial charge in [-0.3, -0.25) is 0 Å². The zero-order valence-electron chi connectivity index (χ0n) is 10.2. The second-order valence-corrected chi connectivity index (χ2v) is 6.97. The SMILES string of the molecule is CC(Cc1ccsc1)NS(=O)(=O)c1cccnc1Cl. The number of nitrogens with one attached hydrogen (secondary N) is 1. The van der Waals surface area contributed by atoms with Gasteiger partial charge in [0, 0.05) is 12.2 Å². The fourth-order valence-electron chi connectivity index (χ4n) is 1.70. The number of pyridine rings is 1. The molecular weight excluding hydrogens is 304 g/mol. The summed E-state index contributed by atoms with van der Waals surface area (Å²) in [5, 5.41) is 3.95. The number of sulfonamides is 1. The maximum absolute atomic E-state index is 12.2. The van der Waals surface area contributed by atoms with Crippen LogP contribution >= 0.6 is 22.9 Å². The number of hydrogen-bond donors (Lipinski definition) is 1. The molecule has 0 amide bonds. The van der Waals surface area contributed by atoms with Gasteiger partial charge in [-0.1, -0.05) is 11.6 Å². The van der Waals surface area contributed by atoms with Crippen molar-refractivity contribution in [3.63, 3.8) is 0 Å². The van der Waals surface area contributed by atoms with Crippen LogP contribution in [0.25, 0.3) is 0 Å². The molecule has 2 aromatic heterocycles. The van der Waals surface area contributed by atoms with Crippen LogP contribution in [0.3, 0.4) is 0 Å². The molecule has 4 nitrogen and oxygen atoms in total. The summed E-state index contributed by atoms with van der Waals surface area (Å²) in [6.45, 7) is 1.82. The molecule has 2 aromatic rings. The van der Waals surface area contributed by atoms with Gasteiger partial charge in [0.2, 0.25) is 10.0 Å². The first-order chi connectivity index (χ1) is 8.99. The Morgan fingerprint density at radius 3 is 2.89 bits per heavy atom. The van der Waals surface area contributed by atoms with E-state index in [1.807, 2.05) is 23.8 Å². The molecule has 0 bridgehead atoms. The molecule has 0 saturated heterocycles. The van der Waals surface area contributed by atoms with Crippen LogP contribution in [-0.4, -0.2) is 19.4 Å². The summed E-state index contributed by atoms with van der Waals surface area (Å²) in [4.78, 5) is 3.78. The Labute approximate surface area is 121 Å². The normalized spacial score (nSPS) is 13.4. The van der Waals surface area contributed by atoms with E-state index in [0.29, 0.717) is 6.42 Å². The Kier molecular flexibility index (Phi) is 4.57. The molecule has 102 valence electrons. The quantitative estimate of drug-likeness (QED) is 0.863. The third-order valence-electron chi connectivity index (χ3n) is 2.49. The molecule has 0 fully saturated rings. The van der Waals surface area contributed by atoms with Crippen molar-refractivity contribution in [3.8, 4) is 0 Å². The molecule has 0 aliphatic rings. The summed E-state index contributed by atoms with van der Waals surface area (Å²) >= 11 is 7.40. The molecule has 7 heteroatoms. The lowest BCUT2D eigenvalue weighted by atomic mass is 10.1. The molecule has 19 heavy (non-hydrogen) atoms. The van der Waals surface area contributed by atoms with Crippen LogP contribution in [0.4, 0.5) is 0 Å². The van der Waals surface area contributed by atoms with Crippen molar-refractivity contribution in [1.82, 2.24) is 9.71 Å². The van der Waals surface area contributed by atoms with Gasteiger partial charge in [-0.15, -0.1) is 0 Å². The lowest BCUT2D eigenvalue weighted by Gasteiger charge is -2.14. The molecule has 2 rings (SSSR count). The molecule has 0 aromatic carbocycles. The lowest BCUT2D eigenvalue weighted by Crippen LogP contribution is -2.34. The number of thiophene rings is 1. The predicted molar refractivity (Wildman–Crippen MR) is 77.1 cm³/mol. The first-order valence-electron chi connectivity index (χ1n) is 5.63. The third kappa shape index (κ3) is 3.76. The molecular formula is C12H13ClN2O2S2. The van der Waals surface area contributed by atoms with Crippen molar-refractivity contribution in [3.05, 3.63) is 45.9 Å². The molecule has 0 aliphatic carbocycles. The fraction of sp³-hybridized carbons (Fsp3) is 0.250. The highest BCUT2D eigenvalue weighted by atomic mass is 35.5. The molecule has 0 spiro atoms. The van der Waals surface area contributed by atoms with E-state index in [1.165, 1.54) is 12.3 Å². The van der Waals surface area contributed by atoms with E-state index in [2.05, 4.69) is 9.71 Å². The van der Waals surface area contributed by atoms with Crippen LogP contribution in [0.5, 0.6) is 0 Å². The van der Waals surface area contributed by atoms with Crippen molar-refractivity contribution < 1.29 is 8.42 Å². The lowest BCUT2D eigenvalue weighted by molar-refractivity contribution is 0.559. The second kappa shape index (κ2) is 6.00. The van der Waals surface area contributed by atoms with Crippen molar-refractivity contribution in [2.24, 2.45) is 0 Å². The molecule has 0 radical (unpaired) electrons. The van der Waals surface area contributed by atoms with Gasteiger partial charge >= 0.3 is 0 Å². The summed E-state index contributed by atoms with van der Waals surface area (Å²) in [6, 6.07) is 4.75. The van der Waals surface area contributed by atoms with Gasteiger partial charge in [0.15, 0.2) is 0 Å². The minimum Gasteiger partial charge on any atom is -0.243 e. The Bertz CT molecular complexity index is 642. The van der Waals surface area contributed by atoms with Crippen LogP contribution < -0.4 is 4.72 Å². The summed E-state index contributed by atoms with van der Waals surface area (Å²) in [5.41, 5.74) is 1.11. The van der Waals surface area contributed by atoms with Crippen LogP contribution in [-0.2, 0) is 16.4 Å². The van der Waals surface area contributed by atoms with E-state index in [-0.39, 0.29) is 16.1 Å². The summed E-state index contributed by atoms with van der Waals surface area (Å²) in [6.07, 6.45) is 2.09. The van der Waals surface area contributed by atoms with Crippen molar-refractivity contribution in [1.29, 1.82) is 0 Å². The maximum atomic E-state index is 12.2. The highest BCUT2D eigenvalue weighted by Gasteiger charge is 2.20. The number of nitrogens with zero attached hydrogens (tertiary/aromatic N) is 1. The zero-order valence-corrected chi connectivity index (χ0v) is 12.6. The summed E-state index contributed by atoms with van der Waals surface area (Å²) < 4.78 is 26.9. The van der Waals surface area contributed by atoms with Gasteiger partial charge in [0.25, 0.3) is 0 Å². The van der Waals surface area contributed by atoms with Gasteiger partial charge in [0.1, 0.15) is 10.0 Å².